The van der Waals surface area contributed by atoms with E-state index in [-0.39, 0.29) is 5.04 Å². The Morgan fingerprint density at radius 3 is 1.33 bits per heavy atom. The zero-order valence-electron chi connectivity index (χ0n) is 29.2. The van der Waals surface area contributed by atoms with Crippen molar-refractivity contribution in [3.63, 3.8) is 0 Å². The van der Waals surface area contributed by atoms with E-state index in [1.165, 1.54) is 10.4 Å². The second kappa shape index (κ2) is 18.2. The Hall–Kier alpha value is -3.88. The van der Waals surface area contributed by atoms with Gasteiger partial charge in [-0.3, -0.25) is 0 Å². The van der Waals surface area contributed by atoms with Gasteiger partial charge >= 0.3 is 0 Å². The summed E-state index contributed by atoms with van der Waals surface area (Å²) in [6, 6.07) is 52.0. The standard InChI is InChI=1S/C43H50O5Si/c1-43(2,3)49(38-26-16-8-17-27-38,39-28-18-9-19-29-39)48-34-41(46-31-36-22-12-6-13-23-36)42(47-32-37-24-14-7-15-25-37)40(44-4)33-45-30-35-20-10-5-11-21-35/h5-29,40-42H,30-34H2,1-4H3/t40-,41+,42-/m1/s1. The van der Waals surface area contributed by atoms with Crippen LogP contribution in [-0.4, -0.2) is 47.0 Å². The Balaban J connectivity index is 1.50. The van der Waals surface area contributed by atoms with Gasteiger partial charge in [0.15, 0.2) is 0 Å². The van der Waals surface area contributed by atoms with E-state index in [9.17, 15) is 0 Å². The predicted octanol–water partition coefficient (Wildman–Crippen LogP) is 7.97. The van der Waals surface area contributed by atoms with Crippen LogP contribution >= 0.6 is 0 Å². The van der Waals surface area contributed by atoms with Crippen LogP contribution in [0.4, 0.5) is 0 Å². The molecule has 0 unspecified atom stereocenters. The van der Waals surface area contributed by atoms with E-state index >= 15 is 0 Å². The van der Waals surface area contributed by atoms with E-state index in [0.717, 1.165) is 16.7 Å². The summed E-state index contributed by atoms with van der Waals surface area (Å²) >= 11 is 0. The number of hydrogen-bond donors (Lipinski definition) is 0. The fraction of sp³-hybridized carbons (Fsp3) is 0.302. The highest BCUT2D eigenvalue weighted by Gasteiger charge is 2.51. The molecule has 0 radical (unpaired) electrons. The lowest BCUT2D eigenvalue weighted by Crippen LogP contribution is -2.67. The average molecular weight is 675 g/mol. The zero-order chi connectivity index (χ0) is 34.4. The molecule has 0 fully saturated rings. The smallest absolute Gasteiger partial charge is 0.261 e. The molecule has 5 rings (SSSR count). The van der Waals surface area contributed by atoms with Crippen LogP contribution in [0.1, 0.15) is 37.5 Å². The summed E-state index contributed by atoms with van der Waals surface area (Å²) in [6.45, 7) is 8.78. The molecule has 0 saturated heterocycles. The minimum atomic E-state index is -2.88. The monoisotopic (exact) mass is 674 g/mol. The molecule has 0 aliphatic heterocycles. The van der Waals surface area contributed by atoms with E-state index in [1.807, 2.05) is 54.6 Å². The molecule has 5 aromatic rings. The summed E-state index contributed by atoms with van der Waals surface area (Å²) in [6.07, 6.45) is -1.39. The fourth-order valence-corrected chi connectivity index (χ4v) is 10.9. The van der Waals surface area contributed by atoms with Crippen molar-refractivity contribution in [2.45, 2.75) is 63.9 Å². The van der Waals surface area contributed by atoms with Crippen LogP contribution in [0.2, 0.25) is 5.04 Å². The fourth-order valence-electron chi connectivity index (χ4n) is 6.37. The van der Waals surface area contributed by atoms with Crippen LogP contribution < -0.4 is 10.4 Å². The number of hydrogen-bond acceptors (Lipinski definition) is 5. The number of methoxy groups -OCH3 is 1. The summed E-state index contributed by atoms with van der Waals surface area (Å²) in [5.74, 6) is 0. The van der Waals surface area contributed by atoms with E-state index in [1.54, 1.807) is 7.11 Å². The summed E-state index contributed by atoms with van der Waals surface area (Å²) in [4.78, 5) is 0. The Morgan fingerprint density at radius 2 is 0.898 bits per heavy atom. The van der Waals surface area contributed by atoms with Crippen LogP contribution in [0.5, 0.6) is 0 Å². The van der Waals surface area contributed by atoms with Crippen molar-refractivity contribution in [1.29, 1.82) is 0 Å². The summed E-state index contributed by atoms with van der Waals surface area (Å²) < 4.78 is 33.5. The molecule has 6 heteroatoms. The lowest BCUT2D eigenvalue weighted by Gasteiger charge is -2.44. The first-order chi connectivity index (χ1) is 23.9. The van der Waals surface area contributed by atoms with Crippen molar-refractivity contribution in [2.75, 3.05) is 20.3 Å². The third-order valence-electron chi connectivity index (χ3n) is 8.90. The maximum atomic E-state index is 7.46. The van der Waals surface area contributed by atoms with E-state index in [2.05, 4.69) is 118 Å². The van der Waals surface area contributed by atoms with Gasteiger partial charge in [0.05, 0.1) is 33.0 Å². The summed E-state index contributed by atoms with van der Waals surface area (Å²) in [5, 5.41) is 2.23. The lowest BCUT2D eigenvalue weighted by molar-refractivity contribution is -0.164. The van der Waals surface area contributed by atoms with Crippen LogP contribution in [0, 0.1) is 0 Å². The molecular formula is C43H50O5Si. The lowest BCUT2D eigenvalue weighted by atomic mass is 10.1. The van der Waals surface area contributed by atoms with Crippen molar-refractivity contribution in [3.05, 3.63) is 168 Å². The Kier molecular flexibility index (Phi) is 13.5. The van der Waals surface area contributed by atoms with Gasteiger partial charge < -0.3 is 23.4 Å². The van der Waals surface area contributed by atoms with Gasteiger partial charge in [-0.25, -0.2) is 0 Å². The predicted molar refractivity (Wildman–Crippen MR) is 201 cm³/mol. The first-order valence-corrected chi connectivity index (χ1v) is 19.0. The second-order valence-corrected chi connectivity index (χ2v) is 17.7. The van der Waals surface area contributed by atoms with Gasteiger partial charge in [-0.05, 0) is 32.1 Å². The molecule has 0 saturated carbocycles. The van der Waals surface area contributed by atoms with E-state index in [0.29, 0.717) is 33.0 Å². The summed E-state index contributed by atoms with van der Waals surface area (Å²) in [7, 11) is -1.16. The quantitative estimate of drug-likeness (QED) is 0.0883. The zero-order valence-corrected chi connectivity index (χ0v) is 30.2. The molecule has 3 atom stereocenters. The van der Waals surface area contributed by atoms with Crippen molar-refractivity contribution in [2.24, 2.45) is 0 Å². The van der Waals surface area contributed by atoms with Crippen molar-refractivity contribution >= 4 is 18.7 Å². The molecule has 0 aliphatic carbocycles. The minimum absolute atomic E-state index is 0.195. The first kappa shape index (κ1) is 36.4. The molecule has 0 bridgehead atoms. The molecule has 0 aromatic heterocycles. The minimum Gasteiger partial charge on any atom is -0.405 e. The van der Waals surface area contributed by atoms with E-state index in [4.69, 9.17) is 23.4 Å². The largest absolute Gasteiger partial charge is 0.405 e. The molecule has 0 heterocycles. The maximum Gasteiger partial charge on any atom is 0.261 e. The first-order valence-electron chi connectivity index (χ1n) is 17.1. The average Bonchev–Trinajstić information content (AvgIpc) is 3.14. The molecule has 49 heavy (non-hydrogen) atoms. The van der Waals surface area contributed by atoms with Crippen LogP contribution in [-0.2, 0) is 43.2 Å². The SMILES string of the molecule is CO[C@H](COCc1ccccc1)[C@@H](OCc1ccccc1)[C@H](CO[Si](c1ccccc1)(c1ccccc1)C(C)(C)C)OCc1ccccc1. The Morgan fingerprint density at radius 1 is 0.490 bits per heavy atom. The summed E-state index contributed by atoms with van der Waals surface area (Å²) in [5.41, 5.74) is 3.25. The molecule has 0 amide bonds. The third kappa shape index (κ3) is 9.85. The van der Waals surface area contributed by atoms with Crippen molar-refractivity contribution in [3.8, 4) is 0 Å². The normalized spacial score (nSPS) is 13.9. The van der Waals surface area contributed by atoms with Gasteiger partial charge in [0, 0.05) is 7.11 Å². The highest BCUT2D eigenvalue weighted by atomic mass is 28.4. The second-order valence-electron chi connectivity index (χ2n) is 13.3. The van der Waals surface area contributed by atoms with E-state index < -0.39 is 26.6 Å². The highest BCUT2D eigenvalue weighted by Crippen LogP contribution is 2.37. The van der Waals surface area contributed by atoms with Crippen molar-refractivity contribution < 1.29 is 23.4 Å². The van der Waals surface area contributed by atoms with Crippen molar-refractivity contribution in [1.82, 2.24) is 0 Å². The topological polar surface area (TPSA) is 46.2 Å². The molecule has 0 N–H and O–H groups in total. The van der Waals surface area contributed by atoms with Gasteiger partial charge in [0.25, 0.3) is 8.32 Å². The van der Waals surface area contributed by atoms with Gasteiger partial charge in [-0.1, -0.05) is 172 Å². The molecule has 0 aliphatic rings. The van der Waals surface area contributed by atoms with Gasteiger partial charge in [-0.15, -0.1) is 0 Å². The van der Waals surface area contributed by atoms with Crippen LogP contribution in [0.3, 0.4) is 0 Å². The molecule has 0 spiro atoms. The number of ether oxygens (including phenoxy) is 4. The Bertz CT molecular complexity index is 1570. The van der Waals surface area contributed by atoms with Gasteiger partial charge in [0.2, 0.25) is 0 Å². The van der Waals surface area contributed by atoms with Crippen LogP contribution in [0.15, 0.2) is 152 Å². The molecule has 256 valence electrons. The van der Waals surface area contributed by atoms with Gasteiger partial charge in [0.1, 0.15) is 18.3 Å². The number of benzene rings is 5. The molecule has 5 nitrogen and oxygen atoms in total. The third-order valence-corrected chi connectivity index (χ3v) is 13.9. The van der Waals surface area contributed by atoms with Gasteiger partial charge in [-0.2, -0.15) is 0 Å². The maximum absolute atomic E-state index is 7.46. The highest BCUT2D eigenvalue weighted by molar-refractivity contribution is 6.99. The molecular weight excluding hydrogens is 625 g/mol. The number of rotatable bonds is 18. The molecule has 5 aromatic carbocycles. The Labute approximate surface area is 293 Å². The van der Waals surface area contributed by atoms with Crippen LogP contribution in [0.25, 0.3) is 0 Å².